The van der Waals surface area contributed by atoms with Crippen LogP contribution in [-0.4, -0.2) is 5.78 Å². The maximum absolute atomic E-state index is 12.8. The van der Waals surface area contributed by atoms with E-state index in [9.17, 15) is 9.18 Å². The quantitative estimate of drug-likeness (QED) is 0.743. The Morgan fingerprint density at radius 2 is 2.06 bits per heavy atom. The normalized spacial score (nSPS) is 10.4. The second-order valence-electron chi connectivity index (χ2n) is 3.06. The summed E-state index contributed by atoms with van der Waals surface area (Å²) in [4.78, 5) is 12.5. The van der Waals surface area contributed by atoms with E-state index in [2.05, 4.69) is 15.9 Å². The average Bonchev–Trinajstić information content (AvgIpc) is 2.64. The molecule has 0 aliphatic heterocycles. The Hall–Kier alpha value is -0.710. The average molecular weight is 320 g/mol. The van der Waals surface area contributed by atoms with Crippen molar-refractivity contribution in [3.05, 3.63) is 55.4 Å². The lowest BCUT2D eigenvalue weighted by atomic mass is 10.1. The second kappa shape index (κ2) is 4.65. The molecule has 1 nitrogen and oxygen atoms in total. The molecule has 0 spiro atoms. The van der Waals surface area contributed by atoms with E-state index in [0.29, 0.717) is 10.4 Å². The zero-order valence-electron chi connectivity index (χ0n) is 7.84. The Balaban J connectivity index is 2.41. The van der Waals surface area contributed by atoms with Crippen molar-refractivity contribution in [1.29, 1.82) is 0 Å². The van der Waals surface area contributed by atoms with Gasteiger partial charge in [0.05, 0.1) is 13.7 Å². The van der Waals surface area contributed by atoms with Crippen LogP contribution in [0.15, 0.2) is 34.1 Å². The third kappa shape index (κ3) is 2.34. The smallest absolute Gasteiger partial charge is 0.204 e. The van der Waals surface area contributed by atoms with Crippen LogP contribution in [0.25, 0.3) is 0 Å². The summed E-state index contributed by atoms with van der Waals surface area (Å²) < 4.78 is 13.7. The summed E-state index contributed by atoms with van der Waals surface area (Å²) in [6.45, 7) is 0. The van der Waals surface area contributed by atoms with Gasteiger partial charge in [-0.2, -0.15) is 0 Å². The monoisotopic (exact) mass is 318 g/mol. The van der Waals surface area contributed by atoms with E-state index < -0.39 is 5.82 Å². The number of halogens is 3. The molecule has 0 aliphatic rings. The Labute approximate surface area is 109 Å². The van der Waals surface area contributed by atoms with Gasteiger partial charge in [-0.15, -0.1) is 11.3 Å². The van der Waals surface area contributed by atoms with Crippen molar-refractivity contribution in [3.63, 3.8) is 0 Å². The highest BCUT2D eigenvalue weighted by Crippen LogP contribution is 2.27. The van der Waals surface area contributed by atoms with Gasteiger partial charge in [-0.25, -0.2) is 4.39 Å². The van der Waals surface area contributed by atoms with Gasteiger partial charge >= 0.3 is 0 Å². The number of carbonyl (C=O) groups excluding carboxylic acids is 1. The highest BCUT2D eigenvalue weighted by Gasteiger charge is 2.15. The number of hydrogen-bond acceptors (Lipinski definition) is 2. The summed E-state index contributed by atoms with van der Waals surface area (Å²) >= 11 is 10.4. The van der Waals surface area contributed by atoms with Crippen molar-refractivity contribution in [1.82, 2.24) is 0 Å². The first-order valence-electron chi connectivity index (χ1n) is 4.33. The van der Waals surface area contributed by atoms with Gasteiger partial charge in [-0.05, 0) is 46.3 Å². The summed E-state index contributed by atoms with van der Waals surface area (Å²) in [5, 5.41) is 0.134. The number of ketones is 1. The molecule has 0 aliphatic carbocycles. The Bertz CT molecular complexity index is 553. The second-order valence-corrected chi connectivity index (χ2v) is 5.93. The molecule has 1 aromatic heterocycles. The van der Waals surface area contributed by atoms with E-state index in [4.69, 9.17) is 11.6 Å². The van der Waals surface area contributed by atoms with Crippen LogP contribution < -0.4 is 0 Å². The first-order valence-corrected chi connectivity index (χ1v) is 6.32. The SMILES string of the molecule is O=C(c1ccc(Br)s1)c1ccc(F)cc1Cl. The number of thiophene rings is 1. The van der Waals surface area contributed by atoms with Crippen LogP contribution in [0.5, 0.6) is 0 Å². The number of carbonyl (C=O) groups is 1. The van der Waals surface area contributed by atoms with Crippen molar-refractivity contribution in [2.24, 2.45) is 0 Å². The fourth-order valence-electron chi connectivity index (χ4n) is 1.24. The van der Waals surface area contributed by atoms with Crippen LogP contribution in [-0.2, 0) is 0 Å². The van der Waals surface area contributed by atoms with Gasteiger partial charge in [-0.3, -0.25) is 4.79 Å². The molecular weight excluding hydrogens is 315 g/mol. The molecule has 0 saturated heterocycles. The lowest BCUT2D eigenvalue weighted by Crippen LogP contribution is -1.99. The summed E-state index contributed by atoms with van der Waals surface area (Å²) in [5.41, 5.74) is 0.317. The molecule has 0 amide bonds. The van der Waals surface area contributed by atoms with Gasteiger partial charge in [-0.1, -0.05) is 11.6 Å². The molecule has 0 unspecified atom stereocenters. The van der Waals surface area contributed by atoms with Gasteiger partial charge in [0, 0.05) is 5.56 Å². The maximum atomic E-state index is 12.8. The molecule has 0 fully saturated rings. The van der Waals surface area contributed by atoms with Gasteiger partial charge in [0.2, 0.25) is 5.78 Å². The molecule has 2 aromatic rings. The molecule has 5 heteroatoms. The van der Waals surface area contributed by atoms with E-state index in [0.717, 1.165) is 9.85 Å². The van der Waals surface area contributed by atoms with Gasteiger partial charge < -0.3 is 0 Å². The summed E-state index contributed by atoms with van der Waals surface area (Å²) in [6, 6.07) is 7.25. The van der Waals surface area contributed by atoms with E-state index in [1.165, 1.54) is 23.5 Å². The first-order chi connectivity index (χ1) is 7.58. The summed E-state index contributed by atoms with van der Waals surface area (Å²) in [5.74, 6) is -0.644. The molecule has 1 aromatic carbocycles. The molecule has 0 bridgehead atoms. The van der Waals surface area contributed by atoms with Crippen LogP contribution in [0.2, 0.25) is 5.02 Å². The predicted molar refractivity (Wildman–Crippen MR) is 66.9 cm³/mol. The summed E-state index contributed by atoms with van der Waals surface area (Å²) in [7, 11) is 0. The van der Waals surface area contributed by atoms with Gasteiger partial charge in [0.15, 0.2) is 0 Å². The molecule has 16 heavy (non-hydrogen) atoms. The Morgan fingerprint density at radius 1 is 1.31 bits per heavy atom. The lowest BCUT2D eigenvalue weighted by molar-refractivity contribution is 0.104. The minimum atomic E-state index is -0.450. The van der Waals surface area contributed by atoms with Gasteiger partial charge in [0.1, 0.15) is 5.82 Å². The Morgan fingerprint density at radius 3 is 2.62 bits per heavy atom. The minimum Gasteiger partial charge on any atom is -0.288 e. The van der Waals surface area contributed by atoms with E-state index in [1.807, 2.05) is 0 Å². The minimum absolute atomic E-state index is 0.134. The molecular formula is C11H5BrClFOS. The van der Waals surface area contributed by atoms with E-state index in [-0.39, 0.29) is 10.8 Å². The highest BCUT2D eigenvalue weighted by atomic mass is 79.9. The van der Waals surface area contributed by atoms with Crippen molar-refractivity contribution in [3.8, 4) is 0 Å². The Kier molecular flexibility index (Phi) is 3.42. The van der Waals surface area contributed by atoms with Crippen LogP contribution in [0.1, 0.15) is 15.2 Å². The van der Waals surface area contributed by atoms with E-state index in [1.54, 1.807) is 12.1 Å². The van der Waals surface area contributed by atoms with Crippen molar-refractivity contribution in [2.45, 2.75) is 0 Å². The fourth-order valence-corrected chi connectivity index (χ4v) is 2.84. The van der Waals surface area contributed by atoms with Crippen LogP contribution >= 0.6 is 38.9 Å². The summed E-state index contributed by atoms with van der Waals surface area (Å²) in [6.07, 6.45) is 0. The third-order valence-corrected chi connectivity index (χ3v) is 3.91. The third-order valence-electron chi connectivity index (χ3n) is 1.97. The molecule has 1 heterocycles. The van der Waals surface area contributed by atoms with Crippen LogP contribution in [0.4, 0.5) is 4.39 Å². The van der Waals surface area contributed by atoms with E-state index >= 15 is 0 Å². The van der Waals surface area contributed by atoms with Crippen molar-refractivity contribution < 1.29 is 9.18 Å². The molecule has 0 atom stereocenters. The first kappa shape index (κ1) is 11.8. The lowest BCUT2D eigenvalue weighted by Gasteiger charge is -2.01. The van der Waals surface area contributed by atoms with Crippen LogP contribution in [0, 0.1) is 5.82 Å². The largest absolute Gasteiger partial charge is 0.288 e. The van der Waals surface area contributed by atoms with Gasteiger partial charge in [0.25, 0.3) is 0 Å². The maximum Gasteiger partial charge on any atom is 0.204 e. The topological polar surface area (TPSA) is 17.1 Å². The molecule has 2 rings (SSSR count). The number of rotatable bonds is 2. The predicted octanol–water partition coefficient (Wildman–Crippen LogP) is 4.53. The molecule has 0 saturated carbocycles. The zero-order chi connectivity index (χ0) is 11.7. The van der Waals surface area contributed by atoms with Crippen molar-refractivity contribution in [2.75, 3.05) is 0 Å². The molecule has 0 radical (unpaired) electrons. The standard InChI is InChI=1S/C11H5BrClFOS/c12-10-4-3-9(16-10)11(15)7-2-1-6(14)5-8(7)13/h1-5H. The van der Waals surface area contributed by atoms with Crippen molar-refractivity contribution >= 4 is 44.7 Å². The van der Waals surface area contributed by atoms with Crippen LogP contribution in [0.3, 0.4) is 0 Å². The molecule has 0 N–H and O–H groups in total. The number of benzene rings is 1. The molecule has 82 valence electrons. The highest BCUT2D eigenvalue weighted by molar-refractivity contribution is 9.11. The number of hydrogen-bond donors (Lipinski definition) is 0. The fraction of sp³-hybridized carbons (Fsp3) is 0. The zero-order valence-corrected chi connectivity index (χ0v) is 11.0.